The van der Waals surface area contributed by atoms with Crippen LogP contribution in [0.5, 0.6) is 0 Å². The van der Waals surface area contributed by atoms with Crippen molar-refractivity contribution in [2.75, 3.05) is 20.3 Å². The van der Waals surface area contributed by atoms with Crippen LogP contribution in [0.25, 0.3) is 0 Å². The van der Waals surface area contributed by atoms with Crippen LogP contribution in [-0.2, 0) is 9.47 Å². The lowest BCUT2D eigenvalue weighted by atomic mass is 9.70. The quantitative estimate of drug-likeness (QED) is 0.851. The van der Waals surface area contributed by atoms with Gasteiger partial charge in [-0.1, -0.05) is 20.8 Å². The number of ether oxygens (including phenoxy) is 2. The molecule has 0 aromatic rings. The van der Waals surface area contributed by atoms with Crippen molar-refractivity contribution in [1.82, 2.24) is 5.32 Å². The molecule has 2 rings (SSSR count). The maximum atomic E-state index is 6.21. The fourth-order valence-electron chi connectivity index (χ4n) is 3.44. The highest BCUT2D eigenvalue weighted by Crippen LogP contribution is 2.39. The second-order valence-electron chi connectivity index (χ2n) is 7.28. The first-order chi connectivity index (χ1) is 9.00. The molecule has 0 radical (unpaired) electrons. The van der Waals surface area contributed by atoms with E-state index in [0.717, 1.165) is 19.1 Å². The second kappa shape index (κ2) is 6.55. The Balaban J connectivity index is 1.86. The van der Waals surface area contributed by atoms with Gasteiger partial charge in [0.25, 0.3) is 0 Å². The summed E-state index contributed by atoms with van der Waals surface area (Å²) in [6.07, 6.45) is 6.78. The Labute approximate surface area is 118 Å². The standard InChI is InChI=1S/C16H31NO2/c1-16(2,3)12-7-8-14(17-4)15(10-12)19-11-13-6-5-9-18-13/h12-15,17H,5-11H2,1-4H3. The van der Waals surface area contributed by atoms with E-state index in [1.54, 1.807) is 0 Å². The monoisotopic (exact) mass is 269 g/mol. The first-order valence-electron chi connectivity index (χ1n) is 7.91. The van der Waals surface area contributed by atoms with Crippen molar-refractivity contribution in [3.05, 3.63) is 0 Å². The van der Waals surface area contributed by atoms with Gasteiger partial charge in [0.2, 0.25) is 0 Å². The van der Waals surface area contributed by atoms with Crippen molar-refractivity contribution in [1.29, 1.82) is 0 Å². The molecule has 0 spiro atoms. The molecule has 4 atom stereocenters. The van der Waals surface area contributed by atoms with Crippen molar-refractivity contribution in [3.63, 3.8) is 0 Å². The Bertz CT molecular complexity index is 268. The van der Waals surface area contributed by atoms with Gasteiger partial charge < -0.3 is 14.8 Å². The van der Waals surface area contributed by atoms with Gasteiger partial charge in [-0.05, 0) is 50.5 Å². The van der Waals surface area contributed by atoms with Crippen molar-refractivity contribution in [3.8, 4) is 0 Å². The lowest BCUT2D eigenvalue weighted by molar-refractivity contribution is -0.0626. The van der Waals surface area contributed by atoms with Crippen LogP contribution < -0.4 is 5.32 Å². The SMILES string of the molecule is CNC1CCC(C(C)(C)C)CC1OCC1CCCO1. The minimum Gasteiger partial charge on any atom is -0.376 e. The first kappa shape index (κ1) is 15.3. The maximum absolute atomic E-state index is 6.21. The summed E-state index contributed by atoms with van der Waals surface area (Å²) in [4.78, 5) is 0. The molecule has 1 saturated heterocycles. The van der Waals surface area contributed by atoms with Gasteiger partial charge in [-0.25, -0.2) is 0 Å². The fourth-order valence-corrected chi connectivity index (χ4v) is 3.44. The third-order valence-electron chi connectivity index (χ3n) is 4.91. The summed E-state index contributed by atoms with van der Waals surface area (Å²) in [5.41, 5.74) is 0.393. The molecule has 0 bridgehead atoms. The highest BCUT2D eigenvalue weighted by molar-refractivity contribution is 4.89. The Hall–Kier alpha value is -0.120. The van der Waals surface area contributed by atoms with Crippen molar-refractivity contribution in [2.24, 2.45) is 11.3 Å². The van der Waals surface area contributed by atoms with Crippen LogP contribution in [0.2, 0.25) is 0 Å². The largest absolute Gasteiger partial charge is 0.376 e. The molecule has 4 unspecified atom stereocenters. The maximum Gasteiger partial charge on any atom is 0.0809 e. The minimum absolute atomic E-state index is 0.340. The third kappa shape index (κ3) is 4.17. The number of hydrogen-bond donors (Lipinski definition) is 1. The summed E-state index contributed by atoms with van der Waals surface area (Å²) >= 11 is 0. The predicted molar refractivity (Wildman–Crippen MR) is 78.4 cm³/mol. The molecular weight excluding hydrogens is 238 g/mol. The summed E-state index contributed by atoms with van der Waals surface area (Å²) in [6.45, 7) is 8.76. The van der Waals surface area contributed by atoms with E-state index < -0.39 is 0 Å². The summed E-state index contributed by atoms with van der Waals surface area (Å²) in [5, 5.41) is 3.44. The van der Waals surface area contributed by atoms with Crippen molar-refractivity contribution in [2.45, 2.75) is 71.1 Å². The number of likely N-dealkylation sites (N-methyl/N-ethyl adjacent to an activating group) is 1. The molecule has 0 aromatic heterocycles. The molecule has 1 aliphatic heterocycles. The van der Waals surface area contributed by atoms with E-state index in [2.05, 4.69) is 33.1 Å². The highest BCUT2D eigenvalue weighted by atomic mass is 16.5. The van der Waals surface area contributed by atoms with E-state index >= 15 is 0 Å². The minimum atomic E-state index is 0.340. The van der Waals surface area contributed by atoms with Crippen molar-refractivity contribution < 1.29 is 9.47 Å². The highest BCUT2D eigenvalue weighted by Gasteiger charge is 2.36. The molecule has 1 saturated carbocycles. The Morgan fingerprint density at radius 2 is 2.00 bits per heavy atom. The van der Waals surface area contributed by atoms with E-state index in [-0.39, 0.29) is 0 Å². The molecule has 3 nitrogen and oxygen atoms in total. The van der Waals surface area contributed by atoms with Gasteiger partial charge in [0.1, 0.15) is 0 Å². The molecule has 0 aromatic carbocycles. The molecule has 2 aliphatic rings. The number of hydrogen-bond acceptors (Lipinski definition) is 3. The molecule has 2 fully saturated rings. The van der Waals surface area contributed by atoms with Crippen molar-refractivity contribution >= 4 is 0 Å². The normalized spacial score (nSPS) is 36.6. The van der Waals surface area contributed by atoms with E-state index in [0.29, 0.717) is 23.7 Å². The lowest BCUT2D eigenvalue weighted by Crippen LogP contribution is -2.46. The van der Waals surface area contributed by atoms with Crippen LogP contribution in [0.15, 0.2) is 0 Å². The molecular formula is C16H31NO2. The molecule has 19 heavy (non-hydrogen) atoms. The summed E-state index contributed by atoms with van der Waals surface area (Å²) < 4.78 is 11.9. The number of rotatable bonds is 4. The van der Waals surface area contributed by atoms with E-state index in [9.17, 15) is 0 Å². The van der Waals surface area contributed by atoms with Crippen LogP contribution in [0.4, 0.5) is 0 Å². The summed E-state index contributed by atoms with van der Waals surface area (Å²) in [7, 11) is 2.06. The zero-order valence-electron chi connectivity index (χ0n) is 13.1. The zero-order valence-corrected chi connectivity index (χ0v) is 13.1. The van der Waals surface area contributed by atoms with Gasteiger partial charge in [-0.15, -0.1) is 0 Å². The second-order valence-corrected chi connectivity index (χ2v) is 7.28. The van der Waals surface area contributed by atoms with E-state index in [4.69, 9.17) is 9.47 Å². The van der Waals surface area contributed by atoms with Crippen LogP contribution in [0.1, 0.15) is 52.9 Å². The Morgan fingerprint density at radius 3 is 2.58 bits per heavy atom. The van der Waals surface area contributed by atoms with Gasteiger partial charge in [0.15, 0.2) is 0 Å². The fraction of sp³-hybridized carbons (Fsp3) is 1.00. The number of nitrogens with one attached hydrogen (secondary N) is 1. The van der Waals surface area contributed by atoms with Gasteiger partial charge >= 0.3 is 0 Å². The summed E-state index contributed by atoms with van der Waals surface area (Å²) in [6, 6.07) is 0.514. The predicted octanol–water partition coefficient (Wildman–Crippen LogP) is 2.98. The molecule has 0 amide bonds. The average Bonchev–Trinajstić information content (AvgIpc) is 2.88. The Kier molecular flexibility index (Phi) is 5.27. The molecule has 1 heterocycles. The molecule has 112 valence electrons. The van der Waals surface area contributed by atoms with Gasteiger partial charge in [-0.3, -0.25) is 0 Å². The Morgan fingerprint density at radius 1 is 1.21 bits per heavy atom. The van der Waals surface area contributed by atoms with Crippen LogP contribution >= 0.6 is 0 Å². The zero-order chi connectivity index (χ0) is 13.9. The van der Waals surface area contributed by atoms with Gasteiger partial charge in [0.05, 0.1) is 18.8 Å². The van der Waals surface area contributed by atoms with E-state index in [1.165, 1.54) is 32.1 Å². The molecule has 1 N–H and O–H groups in total. The summed E-state index contributed by atoms with van der Waals surface area (Å²) in [5.74, 6) is 0.770. The third-order valence-corrected chi connectivity index (χ3v) is 4.91. The molecule has 3 heteroatoms. The topological polar surface area (TPSA) is 30.5 Å². The van der Waals surface area contributed by atoms with Gasteiger partial charge in [-0.2, -0.15) is 0 Å². The average molecular weight is 269 g/mol. The van der Waals surface area contributed by atoms with E-state index in [1.807, 2.05) is 0 Å². The smallest absolute Gasteiger partial charge is 0.0809 e. The van der Waals surface area contributed by atoms with Crippen LogP contribution in [0.3, 0.4) is 0 Å². The van der Waals surface area contributed by atoms with Crippen LogP contribution in [-0.4, -0.2) is 38.5 Å². The lowest BCUT2D eigenvalue weighted by Gasteiger charge is -2.41. The first-order valence-corrected chi connectivity index (χ1v) is 7.91. The van der Waals surface area contributed by atoms with Gasteiger partial charge in [0, 0.05) is 12.6 Å². The molecule has 1 aliphatic carbocycles. The van der Waals surface area contributed by atoms with Crippen LogP contribution in [0, 0.1) is 11.3 Å².